The Morgan fingerprint density at radius 1 is 1.47 bits per heavy atom. The summed E-state index contributed by atoms with van der Waals surface area (Å²) >= 11 is 0. The van der Waals surface area contributed by atoms with Crippen LogP contribution >= 0.6 is 0 Å². The summed E-state index contributed by atoms with van der Waals surface area (Å²) in [5.74, 6) is 7.07. The zero-order chi connectivity index (χ0) is 10.9. The highest BCUT2D eigenvalue weighted by molar-refractivity contribution is 5.47. The zero-order valence-electron chi connectivity index (χ0n) is 9.33. The number of hydrogen-bond acceptors (Lipinski definition) is 4. The first kappa shape index (κ1) is 10.2. The van der Waals surface area contributed by atoms with E-state index in [2.05, 4.69) is 29.2 Å². The topological polar surface area (TPSA) is 54.2 Å². The monoisotopic (exact) mass is 206 g/mol. The molecular formula is C11H18N4. The molecule has 0 aliphatic carbocycles. The summed E-state index contributed by atoms with van der Waals surface area (Å²) < 4.78 is 0. The van der Waals surface area contributed by atoms with Gasteiger partial charge < -0.3 is 10.3 Å². The lowest BCUT2D eigenvalue weighted by Gasteiger charge is -2.20. The van der Waals surface area contributed by atoms with Crippen LogP contribution in [0.1, 0.15) is 20.3 Å². The minimum atomic E-state index is 0.397. The molecule has 4 heteroatoms. The van der Waals surface area contributed by atoms with Crippen molar-refractivity contribution in [3.63, 3.8) is 0 Å². The number of nitrogen functional groups attached to an aromatic ring is 1. The molecule has 1 aromatic heterocycles. The minimum absolute atomic E-state index is 0.397. The number of aromatic nitrogens is 1. The summed E-state index contributed by atoms with van der Waals surface area (Å²) in [7, 11) is 0. The Kier molecular flexibility index (Phi) is 2.52. The van der Waals surface area contributed by atoms with Gasteiger partial charge in [0.2, 0.25) is 0 Å². The Bertz CT molecular complexity index is 348. The Labute approximate surface area is 90.5 Å². The molecule has 1 aliphatic rings. The highest BCUT2D eigenvalue weighted by Gasteiger charge is 2.29. The number of pyridine rings is 1. The molecule has 0 unspecified atom stereocenters. The molecule has 1 fully saturated rings. The van der Waals surface area contributed by atoms with Gasteiger partial charge in [-0.15, -0.1) is 0 Å². The minimum Gasteiger partial charge on any atom is -0.356 e. The highest BCUT2D eigenvalue weighted by Crippen LogP contribution is 2.31. The van der Waals surface area contributed by atoms with Crippen molar-refractivity contribution >= 4 is 11.6 Å². The normalized spacial score (nSPS) is 19.3. The molecule has 0 spiro atoms. The third-order valence-electron chi connectivity index (χ3n) is 2.88. The lowest BCUT2D eigenvalue weighted by Crippen LogP contribution is -2.24. The van der Waals surface area contributed by atoms with Crippen LogP contribution in [0.5, 0.6) is 0 Å². The van der Waals surface area contributed by atoms with E-state index in [1.165, 1.54) is 6.42 Å². The average molecular weight is 206 g/mol. The summed E-state index contributed by atoms with van der Waals surface area (Å²) in [5, 5.41) is 0. The Morgan fingerprint density at radius 3 is 2.87 bits per heavy atom. The standard InChI is InChI=1S/C11H18N4/c1-11(2)6-7-15(8-11)10-5-3-4-9(13-10)14-12/h3-5H,6-8,12H2,1-2H3,(H,13,14). The van der Waals surface area contributed by atoms with Crippen LogP contribution in [0.4, 0.5) is 11.6 Å². The molecule has 1 aliphatic heterocycles. The first-order valence-corrected chi connectivity index (χ1v) is 5.29. The van der Waals surface area contributed by atoms with Gasteiger partial charge in [0.1, 0.15) is 11.6 Å². The Morgan fingerprint density at radius 2 is 2.27 bits per heavy atom. The maximum Gasteiger partial charge on any atom is 0.142 e. The number of hydrogen-bond donors (Lipinski definition) is 2. The van der Waals surface area contributed by atoms with Gasteiger partial charge in [0.15, 0.2) is 0 Å². The van der Waals surface area contributed by atoms with Gasteiger partial charge in [-0.25, -0.2) is 10.8 Å². The van der Waals surface area contributed by atoms with Gasteiger partial charge in [0, 0.05) is 13.1 Å². The summed E-state index contributed by atoms with van der Waals surface area (Å²) in [6.45, 7) is 6.72. The van der Waals surface area contributed by atoms with Gasteiger partial charge in [-0.1, -0.05) is 19.9 Å². The van der Waals surface area contributed by atoms with E-state index in [1.807, 2.05) is 18.2 Å². The van der Waals surface area contributed by atoms with Crippen molar-refractivity contribution in [3.8, 4) is 0 Å². The van der Waals surface area contributed by atoms with E-state index in [9.17, 15) is 0 Å². The summed E-state index contributed by atoms with van der Waals surface area (Å²) in [6, 6.07) is 5.87. The van der Waals surface area contributed by atoms with Crippen LogP contribution < -0.4 is 16.2 Å². The first-order valence-electron chi connectivity index (χ1n) is 5.29. The second-order valence-corrected chi connectivity index (χ2v) is 4.86. The lowest BCUT2D eigenvalue weighted by atomic mass is 9.93. The van der Waals surface area contributed by atoms with E-state index in [-0.39, 0.29) is 0 Å². The summed E-state index contributed by atoms with van der Waals surface area (Å²) in [5.41, 5.74) is 2.97. The molecule has 2 rings (SSSR count). The van der Waals surface area contributed by atoms with Crippen molar-refractivity contribution in [2.75, 3.05) is 23.4 Å². The van der Waals surface area contributed by atoms with Crippen LogP contribution in [0.3, 0.4) is 0 Å². The van der Waals surface area contributed by atoms with Crippen LogP contribution in [0.25, 0.3) is 0 Å². The van der Waals surface area contributed by atoms with Gasteiger partial charge in [0.25, 0.3) is 0 Å². The number of hydrazine groups is 1. The molecule has 15 heavy (non-hydrogen) atoms. The maximum absolute atomic E-state index is 5.34. The number of rotatable bonds is 2. The molecule has 3 N–H and O–H groups in total. The summed E-state index contributed by atoms with van der Waals surface area (Å²) in [4.78, 5) is 6.74. The molecule has 0 saturated carbocycles. The van der Waals surface area contributed by atoms with Crippen molar-refractivity contribution in [1.29, 1.82) is 0 Å². The third-order valence-corrected chi connectivity index (χ3v) is 2.88. The van der Waals surface area contributed by atoms with Crippen LogP contribution in [0, 0.1) is 5.41 Å². The molecule has 1 saturated heterocycles. The largest absolute Gasteiger partial charge is 0.356 e. The van der Waals surface area contributed by atoms with Crippen LogP contribution in [0.15, 0.2) is 18.2 Å². The van der Waals surface area contributed by atoms with E-state index in [0.29, 0.717) is 5.41 Å². The van der Waals surface area contributed by atoms with Crippen molar-refractivity contribution in [1.82, 2.24) is 4.98 Å². The smallest absolute Gasteiger partial charge is 0.142 e. The predicted molar refractivity (Wildman–Crippen MR) is 62.7 cm³/mol. The van der Waals surface area contributed by atoms with E-state index in [4.69, 9.17) is 5.84 Å². The van der Waals surface area contributed by atoms with E-state index >= 15 is 0 Å². The molecular weight excluding hydrogens is 188 g/mol. The molecule has 0 atom stereocenters. The Balaban J connectivity index is 2.16. The quantitative estimate of drug-likeness (QED) is 0.570. The molecule has 0 bridgehead atoms. The van der Waals surface area contributed by atoms with Crippen LogP contribution in [0.2, 0.25) is 0 Å². The molecule has 2 heterocycles. The number of anilines is 2. The molecule has 82 valence electrons. The van der Waals surface area contributed by atoms with Gasteiger partial charge in [-0.3, -0.25) is 0 Å². The van der Waals surface area contributed by atoms with Gasteiger partial charge >= 0.3 is 0 Å². The Hall–Kier alpha value is -1.29. The fraction of sp³-hybridized carbons (Fsp3) is 0.545. The van der Waals surface area contributed by atoms with Crippen LogP contribution in [-0.2, 0) is 0 Å². The maximum atomic E-state index is 5.34. The van der Waals surface area contributed by atoms with Gasteiger partial charge in [-0.2, -0.15) is 0 Å². The fourth-order valence-electron chi connectivity index (χ4n) is 1.99. The SMILES string of the molecule is CC1(C)CCN(c2cccc(NN)n2)C1. The molecule has 4 nitrogen and oxygen atoms in total. The van der Waals surface area contributed by atoms with E-state index in [0.717, 1.165) is 24.7 Å². The van der Waals surface area contributed by atoms with Crippen molar-refractivity contribution in [3.05, 3.63) is 18.2 Å². The average Bonchev–Trinajstić information content (AvgIpc) is 2.59. The number of nitrogens with one attached hydrogen (secondary N) is 1. The number of nitrogens with two attached hydrogens (primary N) is 1. The molecule has 1 aromatic rings. The van der Waals surface area contributed by atoms with Crippen molar-refractivity contribution in [2.45, 2.75) is 20.3 Å². The van der Waals surface area contributed by atoms with Gasteiger partial charge in [-0.05, 0) is 24.0 Å². The third kappa shape index (κ3) is 2.21. The molecule has 0 amide bonds. The second kappa shape index (κ2) is 3.70. The number of nitrogens with zero attached hydrogens (tertiary/aromatic N) is 2. The fourth-order valence-corrected chi connectivity index (χ4v) is 1.99. The van der Waals surface area contributed by atoms with Crippen LogP contribution in [-0.4, -0.2) is 18.1 Å². The van der Waals surface area contributed by atoms with Crippen molar-refractivity contribution < 1.29 is 0 Å². The molecule has 0 radical (unpaired) electrons. The lowest BCUT2D eigenvalue weighted by molar-refractivity contribution is 0.418. The molecule has 0 aromatic carbocycles. The second-order valence-electron chi connectivity index (χ2n) is 4.86. The van der Waals surface area contributed by atoms with E-state index < -0.39 is 0 Å². The zero-order valence-corrected chi connectivity index (χ0v) is 9.33. The van der Waals surface area contributed by atoms with E-state index in [1.54, 1.807) is 0 Å². The van der Waals surface area contributed by atoms with Crippen molar-refractivity contribution in [2.24, 2.45) is 11.3 Å². The summed E-state index contributed by atoms with van der Waals surface area (Å²) in [6.07, 6.45) is 1.22. The highest BCUT2D eigenvalue weighted by atomic mass is 15.3. The van der Waals surface area contributed by atoms with Gasteiger partial charge in [0.05, 0.1) is 0 Å². The first-order chi connectivity index (χ1) is 7.11. The predicted octanol–water partition coefficient (Wildman–Crippen LogP) is 1.60.